The zero-order valence-electron chi connectivity index (χ0n) is 18.0. The fourth-order valence-corrected chi connectivity index (χ4v) is 4.44. The molecule has 0 atom stereocenters. The number of sulfonamides is 1. The number of nitrogens with zero attached hydrogens (tertiary/aromatic N) is 1. The number of nitrogens with one attached hydrogen (secondary N) is 1. The summed E-state index contributed by atoms with van der Waals surface area (Å²) in [5.41, 5.74) is 1.49. The first-order valence-electron chi connectivity index (χ1n) is 10.2. The minimum Gasteiger partial charge on any atom is -0.455 e. The number of rotatable bonds is 10. The molecule has 1 aliphatic carbocycles. The first-order chi connectivity index (χ1) is 15.1. The van der Waals surface area contributed by atoms with Gasteiger partial charge in [0.15, 0.2) is 12.4 Å². The first-order valence-corrected chi connectivity index (χ1v) is 11.6. The molecule has 9 heteroatoms. The monoisotopic (exact) mass is 458 g/mol. The summed E-state index contributed by atoms with van der Waals surface area (Å²) in [6.45, 7) is 0.814. The van der Waals surface area contributed by atoms with Crippen LogP contribution in [0.4, 0.5) is 0 Å². The van der Waals surface area contributed by atoms with Crippen LogP contribution in [0.1, 0.15) is 35.7 Å². The Morgan fingerprint density at radius 2 is 1.66 bits per heavy atom. The van der Waals surface area contributed by atoms with Crippen molar-refractivity contribution < 1.29 is 27.5 Å². The van der Waals surface area contributed by atoms with E-state index in [1.54, 1.807) is 0 Å². The first kappa shape index (κ1) is 23.6. The SMILES string of the molecule is CC(=O)c1ccc(S(=O)(=O)N(C)CC(=O)OCC(=O)NCC2(c3ccccc3)CC2)cc1. The van der Waals surface area contributed by atoms with Crippen molar-refractivity contribution in [1.82, 2.24) is 9.62 Å². The Balaban J connectivity index is 1.46. The maximum absolute atomic E-state index is 12.6. The minimum atomic E-state index is -3.95. The van der Waals surface area contributed by atoms with Gasteiger partial charge in [-0.1, -0.05) is 42.5 Å². The van der Waals surface area contributed by atoms with E-state index < -0.39 is 35.1 Å². The highest BCUT2D eigenvalue weighted by Gasteiger charge is 2.44. The van der Waals surface area contributed by atoms with Crippen molar-refractivity contribution in [3.8, 4) is 0 Å². The number of carbonyl (C=O) groups excluding carboxylic acids is 3. The quantitative estimate of drug-likeness (QED) is 0.430. The second-order valence-electron chi connectivity index (χ2n) is 7.93. The van der Waals surface area contributed by atoms with Crippen LogP contribution in [0.5, 0.6) is 0 Å². The number of benzene rings is 2. The molecule has 0 spiro atoms. The lowest BCUT2D eigenvalue weighted by Crippen LogP contribution is -2.37. The second kappa shape index (κ2) is 9.62. The van der Waals surface area contributed by atoms with Crippen molar-refractivity contribution in [2.24, 2.45) is 0 Å². The van der Waals surface area contributed by atoms with Gasteiger partial charge in [0, 0.05) is 24.6 Å². The van der Waals surface area contributed by atoms with Crippen LogP contribution in [0.15, 0.2) is 59.5 Å². The summed E-state index contributed by atoms with van der Waals surface area (Å²) in [5, 5.41) is 2.79. The summed E-state index contributed by atoms with van der Waals surface area (Å²) in [6.07, 6.45) is 1.96. The lowest BCUT2D eigenvalue weighted by atomic mass is 9.96. The molecule has 0 saturated heterocycles. The van der Waals surface area contributed by atoms with Crippen molar-refractivity contribution in [1.29, 1.82) is 0 Å². The molecule has 0 aliphatic heterocycles. The van der Waals surface area contributed by atoms with Gasteiger partial charge in [-0.3, -0.25) is 14.4 Å². The molecule has 1 aliphatic rings. The van der Waals surface area contributed by atoms with Gasteiger partial charge < -0.3 is 10.1 Å². The van der Waals surface area contributed by atoms with Crippen LogP contribution in [0.25, 0.3) is 0 Å². The Bertz CT molecular complexity index is 1090. The predicted octanol–water partition coefficient (Wildman–Crippen LogP) is 1.90. The minimum absolute atomic E-state index is 0.0498. The number of ether oxygens (including phenoxy) is 1. The van der Waals surface area contributed by atoms with Gasteiger partial charge in [0.2, 0.25) is 10.0 Å². The van der Waals surface area contributed by atoms with Crippen LogP contribution in [-0.4, -0.2) is 57.1 Å². The summed E-state index contributed by atoms with van der Waals surface area (Å²) in [6, 6.07) is 15.4. The second-order valence-corrected chi connectivity index (χ2v) is 9.97. The molecule has 170 valence electrons. The van der Waals surface area contributed by atoms with Gasteiger partial charge in [0.05, 0.1) is 4.90 Å². The van der Waals surface area contributed by atoms with E-state index in [-0.39, 0.29) is 16.1 Å². The van der Waals surface area contributed by atoms with E-state index in [1.165, 1.54) is 43.8 Å². The van der Waals surface area contributed by atoms with Gasteiger partial charge >= 0.3 is 5.97 Å². The topological polar surface area (TPSA) is 110 Å². The third kappa shape index (κ3) is 5.60. The molecular weight excluding hydrogens is 432 g/mol. The van der Waals surface area contributed by atoms with Gasteiger partial charge in [-0.25, -0.2) is 8.42 Å². The molecule has 32 heavy (non-hydrogen) atoms. The smallest absolute Gasteiger partial charge is 0.321 e. The fourth-order valence-electron chi connectivity index (χ4n) is 3.33. The van der Waals surface area contributed by atoms with Crippen molar-refractivity contribution in [3.05, 3.63) is 65.7 Å². The maximum Gasteiger partial charge on any atom is 0.321 e. The third-order valence-electron chi connectivity index (χ3n) is 5.55. The van der Waals surface area contributed by atoms with Crippen LogP contribution in [-0.2, 0) is 29.8 Å². The van der Waals surface area contributed by atoms with E-state index in [4.69, 9.17) is 4.74 Å². The summed E-state index contributed by atoms with van der Waals surface area (Å²) in [7, 11) is -2.70. The standard InChI is InChI=1S/C23H26N2O6S/c1-17(26)18-8-10-20(11-9-18)32(29,30)25(2)14-22(28)31-15-21(27)24-16-23(12-13-23)19-6-4-3-5-7-19/h3-11H,12-16H2,1-2H3,(H,24,27). The number of likely N-dealkylation sites (N-methyl/N-ethyl adjacent to an activating group) is 1. The molecule has 0 bridgehead atoms. The van der Waals surface area contributed by atoms with Gasteiger partial charge in [0.1, 0.15) is 6.54 Å². The normalized spacial score (nSPS) is 14.6. The van der Waals surface area contributed by atoms with Crippen molar-refractivity contribution in [2.45, 2.75) is 30.1 Å². The summed E-state index contributed by atoms with van der Waals surface area (Å²) >= 11 is 0. The zero-order valence-corrected chi connectivity index (χ0v) is 18.9. The molecule has 0 unspecified atom stereocenters. The Morgan fingerprint density at radius 1 is 1.03 bits per heavy atom. The number of hydrogen-bond acceptors (Lipinski definition) is 6. The van der Waals surface area contributed by atoms with Gasteiger partial charge in [-0.2, -0.15) is 4.31 Å². The molecule has 1 amide bonds. The van der Waals surface area contributed by atoms with Crippen LogP contribution >= 0.6 is 0 Å². The molecule has 1 fully saturated rings. The largest absolute Gasteiger partial charge is 0.455 e. The Hall–Kier alpha value is -3.04. The molecular formula is C23H26N2O6S. The van der Waals surface area contributed by atoms with E-state index in [0.717, 1.165) is 17.1 Å². The van der Waals surface area contributed by atoms with Crippen molar-refractivity contribution in [3.63, 3.8) is 0 Å². The van der Waals surface area contributed by atoms with Crippen molar-refractivity contribution >= 4 is 27.7 Å². The molecule has 8 nitrogen and oxygen atoms in total. The molecule has 0 radical (unpaired) electrons. The molecule has 3 rings (SSSR count). The average Bonchev–Trinajstić information content (AvgIpc) is 3.58. The highest BCUT2D eigenvalue weighted by Crippen LogP contribution is 2.47. The molecule has 0 heterocycles. The van der Waals surface area contributed by atoms with Gasteiger partial charge in [-0.05, 0) is 37.5 Å². The van der Waals surface area contributed by atoms with Crippen LogP contribution in [0.3, 0.4) is 0 Å². The Labute approximate surface area is 187 Å². The number of ketones is 1. The van der Waals surface area contributed by atoms with Crippen LogP contribution < -0.4 is 5.32 Å². The maximum atomic E-state index is 12.6. The van der Waals surface area contributed by atoms with Crippen LogP contribution in [0, 0.1) is 0 Å². The molecule has 1 saturated carbocycles. The van der Waals surface area contributed by atoms with E-state index in [1.807, 2.05) is 30.3 Å². The van der Waals surface area contributed by atoms with Gasteiger partial charge in [0.25, 0.3) is 5.91 Å². The Kier molecular flexibility index (Phi) is 7.10. The molecule has 2 aromatic carbocycles. The number of Topliss-reactive ketones (excluding diaryl/α,β-unsaturated/α-hetero) is 1. The molecule has 2 aromatic rings. The summed E-state index contributed by atoms with van der Waals surface area (Å²) in [4.78, 5) is 35.4. The van der Waals surface area contributed by atoms with E-state index in [2.05, 4.69) is 5.32 Å². The molecule has 0 aromatic heterocycles. The number of esters is 1. The lowest BCUT2D eigenvalue weighted by Gasteiger charge is -2.18. The zero-order chi connectivity index (χ0) is 23.4. The summed E-state index contributed by atoms with van der Waals surface area (Å²) < 4.78 is 31.0. The lowest BCUT2D eigenvalue weighted by molar-refractivity contribution is -0.148. The van der Waals surface area contributed by atoms with Crippen LogP contribution in [0.2, 0.25) is 0 Å². The number of hydrogen-bond donors (Lipinski definition) is 1. The van der Waals surface area contributed by atoms with E-state index in [0.29, 0.717) is 12.1 Å². The highest BCUT2D eigenvalue weighted by atomic mass is 32.2. The third-order valence-corrected chi connectivity index (χ3v) is 7.37. The van der Waals surface area contributed by atoms with E-state index >= 15 is 0 Å². The van der Waals surface area contributed by atoms with Gasteiger partial charge in [-0.15, -0.1) is 0 Å². The number of carbonyl (C=O) groups is 3. The Morgan fingerprint density at radius 3 is 2.22 bits per heavy atom. The van der Waals surface area contributed by atoms with Crippen molar-refractivity contribution in [2.75, 3.05) is 26.7 Å². The average molecular weight is 459 g/mol. The highest BCUT2D eigenvalue weighted by molar-refractivity contribution is 7.89. The van der Waals surface area contributed by atoms with E-state index in [9.17, 15) is 22.8 Å². The fraction of sp³-hybridized carbons (Fsp3) is 0.348. The summed E-state index contributed by atoms with van der Waals surface area (Å²) in [5.74, 6) is -1.46. The predicted molar refractivity (Wildman–Crippen MR) is 118 cm³/mol. The number of amides is 1. The molecule has 1 N–H and O–H groups in total.